The predicted molar refractivity (Wildman–Crippen MR) is 63.9 cm³/mol. The fourth-order valence-electron chi connectivity index (χ4n) is 1.30. The van der Waals surface area contributed by atoms with E-state index in [0.717, 1.165) is 17.4 Å². The largest absolute Gasteiger partial charge is 0.396 e. The van der Waals surface area contributed by atoms with Gasteiger partial charge in [0.2, 0.25) is 0 Å². The van der Waals surface area contributed by atoms with Crippen LogP contribution in [0.4, 0.5) is 5.69 Å². The van der Waals surface area contributed by atoms with Crippen molar-refractivity contribution in [1.29, 1.82) is 0 Å². The third-order valence-corrected chi connectivity index (χ3v) is 3.12. The van der Waals surface area contributed by atoms with Crippen molar-refractivity contribution in [1.82, 2.24) is 0 Å². The van der Waals surface area contributed by atoms with Crippen LogP contribution in [0.25, 0.3) is 0 Å². The molecule has 14 heavy (non-hydrogen) atoms. The monoisotopic (exact) mass is 257 g/mol. The second-order valence-electron chi connectivity index (χ2n) is 3.43. The second kappa shape index (κ2) is 5.37. The first kappa shape index (κ1) is 11.5. The minimum Gasteiger partial charge on any atom is -0.396 e. The van der Waals surface area contributed by atoms with E-state index in [0.29, 0.717) is 0 Å². The molecule has 0 bridgehead atoms. The second-order valence-corrected chi connectivity index (χ2v) is 4.29. The van der Waals surface area contributed by atoms with Crippen LogP contribution >= 0.6 is 15.9 Å². The summed E-state index contributed by atoms with van der Waals surface area (Å²) in [6.07, 6.45) is 0.811. The Kier molecular flexibility index (Phi) is 4.42. The van der Waals surface area contributed by atoms with Crippen LogP contribution in [0.1, 0.15) is 12.0 Å². The highest BCUT2D eigenvalue weighted by molar-refractivity contribution is 9.10. The number of aliphatic hydroxyl groups excluding tert-OH is 1. The highest BCUT2D eigenvalue weighted by Gasteiger charge is 2.01. The van der Waals surface area contributed by atoms with E-state index in [1.807, 2.05) is 7.05 Å². The van der Waals surface area contributed by atoms with Gasteiger partial charge in [0.1, 0.15) is 0 Å². The lowest BCUT2D eigenvalue weighted by Crippen LogP contribution is -2.19. The maximum absolute atomic E-state index is 8.73. The number of anilines is 1. The number of nitrogens with zero attached hydrogens (tertiary/aromatic N) is 1. The summed E-state index contributed by atoms with van der Waals surface area (Å²) in [4.78, 5) is 2.15. The summed E-state index contributed by atoms with van der Waals surface area (Å²) in [5, 5.41) is 8.73. The summed E-state index contributed by atoms with van der Waals surface area (Å²) in [5.74, 6) is 0. The number of benzene rings is 1. The van der Waals surface area contributed by atoms with Crippen LogP contribution in [-0.4, -0.2) is 25.3 Å². The number of halogens is 1. The topological polar surface area (TPSA) is 23.5 Å². The first-order valence-electron chi connectivity index (χ1n) is 4.73. The van der Waals surface area contributed by atoms with Crippen LogP contribution in [-0.2, 0) is 0 Å². The van der Waals surface area contributed by atoms with Crippen molar-refractivity contribution in [3.8, 4) is 0 Å². The average Bonchev–Trinajstić information content (AvgIpc) is 2.18. The van der Waals surface area contributed by atoms with Gasteiger partial charge < -0.3 is 10.0 Å². The Morgan fingerprint density at radius 1 is 1.43 bits per heavy atom. The molecule has 0 spiro atoms. The van der Waals surface area contributed by atoms with Crippen LogP contribution in [0.2, 0.25) is 0 Å². The summed E-state index contributed by atoms with van der Waals surface area (Å²) in [6, 6.07) is 6.27. The molecule has 0 aliphatic carbocycles. The van der Waals surface area contributed by atoms with Gasteiger partial charge in [-0.3, -0.25) is 0 Å². The van der Waals surface area contributed by atoms with Gasteiger partial charge in [0, 0.05) is 30.4 Å². The van der Waals surface area contributed by atoms with Gasteiger partial charge in [-0.25, -0.2) is 0 Å². The lowest BCUT2D eigenvalue weighted by atomic mass is 10.2. The van der Waals surface area contributed by atoms with Crippen LogP contribution in [0.15, 0.2) is 22.7 Å². The van der Waals surface area contributed by atoms with Gasteiger partial charge in [-0.05, 0) is 37.1 Å². The molecule has 0 radical (unpaired) electrons. The Labute approximate surface area is 93.7 Å². The van der Waals surface area contributed by atoms with E-state index < -0.39 is 0 Å². The molecule has 0 saturated heterocycles. The first-order valence-corrected chi connectivity index (χ1v) is 5.52. The summed E-state index contributed by atoms with van der Waals surface area (Å²) < 4.78 is 1.14. The van der Waals surface area contributed by atoms with Gasteiger partial charge in [0.25, 0.3) is 0 Å². The smallest absolute Gasteiger partial charge is 0.0447 e. The van der Waals surface area contributed by atoms with Crippen molar-refractivity contribution in [2.45, 2.75) is 13.3 Å². The molecule has 0 saturated carbocycles. The Balaban J connectivity index is 2.70. The molecule has 0 aliphatic heterocycles. The Hall–Kier alpha value is -0.540. The van der Waals surface area contributed by atoms with Crippen molar-refractivity contribution in [3.05, 3.63) is 28.2 Å². The maximum atomic E-state index is 8.73. The summed E-state index contributed by atoms with van der Waals surface area (Å²) in [5.41, 5.74) is 2.43. The molecule has 0 fully saturated rings. The number of aliphatic hydroxyl groups is 1. The predicted octanol–water partition coefficient (Wildman–Crippen LogP) is 2.58. The van der Waals surface area contributed by atoms with E-state index in [1.54, 1.807) is 0 Å². The molecule has 1 rings (SSSR count). The summed E-state index contributed by atoms with van der Waals surface area (Å²) >= 11 is 3.47. The zero-order valence-electron chi connectivity index (χ0n) is 8.63. The Bertz CT molecular complexity index is 301. The van der Waals surface area contributed by atoms with E-state index in [4.69, 9.17) is 5.11 Å². The molecule has 0 aromatic heterocycles. The van der Waals surface area contributed by atoms with Crippen molar-refractivity contribution >= 4 is 21.6 Å². The molecule has 0 amide bonds. The molecule has 0 aliphatic rings. The molecule has 0 heterocycles. The van der Waals surface area contributed by atoms with Crippen molar-refractivity contribution in [2.75, 3.05) is 25.1 Å². The first-order chi connectivity index (χ1) is 6.65. The van der Waals surface area contributed by atoms with Crippen molar-refractivity contribution in [2.24, 2.45) is 0 Å². The fourth-order valence-corrected chi connectivity index (χ4v) is 1.55. The van der Waals surface area contributed by atoms with Gasteiger partial charge in [0.15, 0.2) is 0 Å². The highest BCUT2D eigenvalue weighted by Crippen LogP contribution is 2.22. The lowest BCUT2D eigenvalue weighted by molar-refractivity contribution is 0.290. The average molecular weight is 258 g/mol. The molecular formula is C11H16BrNO. The molecular weight excluding hydrogens is 242 g/mol. The number of rotatable bonds is 4. The van der Waals surface area contributed by atoms with E-state index in [9.17, 15) is 0 Å². The Morgan fingerprint density at radius 2 is 2.14 bits per heavy atom. The number of hydrogen-bond acceptors (Lipinski definition) is 2. The highest BCUT2D eigenvalue weighted by atomic mass is 79.9. The molecule has 0 atom stereocenters. The van der Waals surface area contributed by atoms with Crippen molar-refractivity contribution in [3.63, 3.8) is 0 Å². The number of hydrogen-bond donors (Lipinski definition) is 1. The van der Waals surface area contributed by atoms with Gasteiger partial charge in [-0.2, -0.15) is 0 Å². The van der Waals surface area contributed by atoms with E-state index in [2.05, 4.69) is 46.0 Å². The molecule has 2 nitrogen and oxygen atoms in total. The number of aryl methyl sites for hydroxylation is 1. The van der Waals surface area contributed by atoms with Gasteiger partial charge in [-0.1, -0.05) is 15.9 Å². The summed E-state index contributed by atoms with van der Waals surface area (Å²) in [7, 11) is 2.04. The third-order valence-electron chi connectivity index (χ3n) is 2.23. The normalized spacial score (nSPS) is 10.3. The van der Waals surface area contributed by atoms with E-state index >= 15 is 0 Å². The van der Waals surface area contributed by atoms with Gasteiger partial charge in [0.05, 0.1) is 0 Å². The SMILES string of the molecule is Cc1cc(N(C)CCCO)ccc1Br. The molecule has 1 aromatic rings. The van der Waals surface area contributed by atoms with Crippen LogP contribution < -0.4 is 4.90 Å². The molecule has 1 aromatic carbocycles. The van der Waals surface area contributed by atoms with Gasteiger partial charge >= 0.3 is 0 Å². The third kappa shape index (κ3) is 3.00. The van der Waals surface area contributed by atoms with Crippen molar-refractivity contribution < 1.29 is 5.11 Å². The Morgan fingerprint density at radius 3 is 2.71 bits per heavy atom. The van der Waals surface area contributed by atoms with Crippen LogP contribution in [0, 0.1) is 6.92 Å². The van der Waals surface area contributed by atoms with Gasteiger partial charge in [-0.15, -0.1) is 0 Å². The van der Waals surface area contributed by atoms with E-state index in [1.165, 1.54) is 11.3 Å². The fraction of sp³-hybridized carbons (Fsp3) is 0.455. The zero-order valence-corrected chi connectivity index (χ0v) is 10.2. The summed E-state index contributed by atoms with van der Waals surface area (Å²) in [6.45, 7) is 3.21. The molecule has 1 N–H and O–H groups in total. The minimum absolute atomic E-state index is 0.250. The lowest BCUT2D eigenvalue weighted by Gasteiger charge is -2.19. The molecule has 3 heteroatoms. The molecule has 78 valence electrons. The van der Waals surface area contributed by atoms with Crippen LogP contribution in [0.5, 0.6) is 0 Å². The van der Waals surface area contributed by atoms with E-state index in [-0.39, 0.29) is 6.61 Å². The van der Waals surface area contributed by atoms with Crippen LogP contribution in [0.3, 0.4) is 0 Å². The zero-order chi connectivity index (χ0) is 10.6. The molecule has 0 unspecified atom stereocenters. The minimum atomic E-state index is 0.250. The quantitative estimate of drug-likeness (QED) is 0.897. The maximum Gasteiger partial charge on any atom is 0.0447 e. The standard InChI is InChI=1S/C11H16BrNO/c1-9-8-10(4-5-11(9)12)13(2)6-3-7-14/h4-5,8,14H,3,6-7H2,1-2H3.